The zero-order valence-electron chi connectivity index (χ0n) is 82.3. The van der Waals surface area contributed by atoms with E-state index < -0.39 is 63.9 Å². The maximum atomic E-state index is 12.7. The fraction of sp³-hybridized carbons (Fsp3) is 0.158. The summed E-state index contributed by atoms with van der Waals surface area (Å²) >= 11 is 0. The van der Waals surface area contributed by atoms with Crippen LogP contribution < -0.4 is 46.7 Å². The maximum Gasteiger partial charge on any atom is 0.173 e. The second-order valence-corrected chi connectivity index (χ2v) is 61.5. The molecule has 20 rings (SSSR count). The summed E-state index contributed by atoms with van der Waals surface area (Å²) in [6, 6.07) is 121. The molecule has 0 saturated heterocycles. The van der Waals surface area contributed by atoms with E-state index in [2.05, 4.69) is 332 Å². The van der Waals surface area contributed by atoms with E-state index in [1.807, 2.05) is 97.3 Å². The van der Waals surface area contributed by atoms with E-state index in [1.165, 1.54) is 98.9 Å². The first-order chi connectivity index (χ1) is 63.8. The van der Waals surface area contributed by atoms with Crippen molar-refractivity contribution in [3.05, 3.63) is 405 Å². The standard InChI is InChI=1S/C32H28NSi2.C25H30NSi2.C21H20NO2SSi.3C12H10N.3Ir/c1-34(2,3)27-19-20-30(33-23-27)24-18-21-32-29(22-24)28-16-10-11-17-31(28)35(32,25-12-6-4-7-13-25)26-14-8-5-9-15-26;1-17(2)20-15-22(26-16-25(20)27(3,4)5)18-12-13-24-21(14-18)19-10-8-9-11-23(19)28(24,6)7;1-14-11-18(22-13-21(14)26(2,3)4)15-9-10-20-17(12-15)16-7-5-6-8-19(16)25(20,23)24;1-10-6-5-9-13-12(10)11-7-3-2-4-8-11;1-10-7-8-13-12(9-10)11-5-3-2-4-6-11;1-10-7-8-12(13-9-10)11-5-3-2-4-6-11;;;/h4-17,19-23H,1-3H3;8-11,13-17H,1-7H3;5-8,10-13H,1-4H3;2-7,9H,1H3;2*2-5,7-9H,1H3;;;/q6*-1;;;/i;;;;2*1D3;;;. The van der Waals surface area contributed by atoms with Crippen LogP contribution in [0.4, 0.5) is 0 Å². The Morgan fingerprint density at radius 2 is 0.824 bits per heavy atom. The summed E-state index contributed by atoms with van der Waals surface area (Å²) in [7, 11) is -11.7. The number of sulfone groups is 1. The van der Waals surface area contributed by atoms with Crippen LogP contribution in [0.25, 0.3) is 101 Å². The van der Waals surface area contributed by atoms with E-state index in [4.69, 9.17) is 18.2 Å². The molecule has 6 aromatic heterocycles. The van der Waals surface area contributed by atoms with E-state index in [9.17, 15) is 8.42 Å². The molecule has 17 heteroatoms. The number of fused-ring (bicyclic) bond motifs is 9. The molecule has 665 valence electrons. The normalized spacial score (nSPS) is 13.6. The molecule has 0 amide bonds. The van der Waals surface area contributed by atoms with Crippen LogP contribution >= 0.6 is 0 Å². The number of rotatable bonds is 12. The molecule has 0 saturated carbocycles. The van der Waals surface area contributed by atoms with Crippen molar-refractivity contribution in [1.82, 2.24) is 29.9 Å². The topological polar surface area (TPSA) is 111 Å². The number of hydrogen-bond donors (Lipinski definition) is 0. The molecule has 0 atom stereocenters. The second-order valence-electron chi connectivity index (χ2n) is 36.4. The third-order valence-corrected chi connectivity index (χ3v) is 40.2. The number of pyridine rings is 6. The fourth-order valence-corrected chi connectivity index (χ4v) is 31.4. The van der Waals surface area contributed by atoms with E-state index >= 15 is 0 Å². The number of aromatic nitrogens is 6. The largest absolute Gasteiger partial charge is 0.305 e. The zero-order valence-corrected chi connectivity index (χ0v) is 89.3. The van der Waals surface area contributed by atoms with Crippen molar-refractivity contribution in [2.75, 3.05) is 0 Å². The summed E-state index contributed by atoms with van der Waals surface area (Å²) in [4.78, 5) is 27.7. The first-order valence-corrected chi connectivity index (χ1v) is 60.3. The molecule has 11 aromatic carbocycles. The Balaban J connectivity index is 0.000000152. The van der Waals surface area contributed by atoms with E-state index in [1.54, 1.807) is 53.7 Å². The number of benzene rings is 11. The average Bonchev–Trinajstić information content (AvgIpc) is 1.54. The summed E-state index contributed by atoms with van der Waals surface area (Å²) in [5.41, 5.74) is 22.4. The van der Waals surface area contributed by atoms with E-state index in [0.29, 0.717) is 27.0 Å². The Morgan fingerprint density at radius 1 is 0.344 bits per heavy atom. The molecular formula is C114H108Ir3N6O2SSi5-6. The molecular weight excluding hydrogens is 2230 g/mol. The van der Waals surface area contributed by atoms with Gasteiger partial charge in [0, 0.05) is 106 Å². The van der Waals surface area contributed by atoms with Gasteiger partial charge in [-0.1, -0.05) is 316 Å². The molecule has 0 spiro atoms. The molecule has 0 bridgehead atoms. The van der Waals surface area contributed by atoms with Crippen LogP contribution in [0.15, 0.2) is 350 Å². The Labute approximate surface area is 831 Å². The predicted octanol–water partition coefficient (Wildman–Crippen LogP) is 22.3. The third-order valence-electron chi connectivity index (χ3n) is 23.8. The minimum atomic E-state index is -3.44. The molecule has 0 aliphatic carbocycles. The van der Waals surface area contributed by atoms with Crippen LogP contribution in [0, 0.1) is 63.9 Å². The number of aryl methyl sites for hydroxylation is 4. The molecule has 131 heavy (non-hydrogen) atoms. The van der Waals surface area contributed by atoms with Crippen molar-refractivity contribution in [2.24, 2.45) is 0 Å². The molecule has 3 aliphatic heterocycles. The van der Waals surface area contributed by atoms with Crippen LogP contribution in [-0.4, -0.2) is 78.7 Å². The first-order valence-electron chi connectivity index (χ1n) is 46.4. The van der Waals surface area contributed by atoms with Gasteiger partial charge in [-0.2, -0.15) is 0 Å². The minimum Gasteiger partial charge on any atom is -0.305 e. The van der Waals surface area contributed by atoms with Gasteiger partial charge in [-0.25, -0.2) is 8.42 Å². The monoisotopic (exact) mass is 2350 g/mol. The summed E-state index contributed by atoms with van der Waals surface area (Å²) in [6.07, 6.45) is 10.9. The Hall–Kier alpha value is -10.7. The van der Waals surface area contributed by atoms with Crippen molar-refractivity contribution in [2.45, 2.75) is 129 Å². The van der Waals surface area contributed by atoms with Crippen LogP contribution in [0.5, 0.6) is 0 Å². The van der Waals surface area contributed by atoms with Crippen molar-refractivity contribution >= 4 is 96.9 Å². The SMILES string of the molecule is CC(C)c1cc(-c2[c-]cc3c(c2)-c2ccccc2[Si]3(C)C)ncc1[Si](C)(C)C.C[Si](C)(C)c1ccc(-c2[c-]cc3c(c2)-c2ccccc2[Si]3(c2ccccc2)c2ccccc2)nc1.Cc1cc(-c2[c-]cc3c(c2)-c2ccccc2S3(=O)=O)ncc1[Si](C)(C)C.Cc1cccnc1-c1[c-]cccc1.[2H]C([2H])([2H])c1ccc(-c2[c-]cccc2)nc1.[2H]C([2H])([2H])c1ccnc(-c2[c-]cccc2)c1.[Ir].[Ir].[Ir]. The molecule has 0 unspecified atom stereocenters. The maximum absolute atomic E-state index is 12.7. The van der Waals surface area contributed by atoms with Crippen LogP contribution in [0.3, 0.4) is 0 Å². The van der Waals surface area contributed by atoms with Gasteiger partial charge in [-0.3, -0.25) is 0 Å². The smallest absolute Gasteiger partial charge is 0.173 e. The molecule has 9 heterocycles. The summed E-state index contributed by atoms with van der Waals surface area (Å²) in [5, 5.41) is 12.9. The van der Waals surface area contributed by atoms with Crippen LogP contribution in [0.2, 0.25) is 72.0 Å². The van der Waals surface area contributed by atoms with Crippen LogP contribution in [-0.2, 0) is 70.2 Å². The quantitative estimate of drug-likeness (QED) is 0.0878. The number of nitrogens with zero attached hydrogens (tertiary/aromatic N) is 6. The summed E-state index contributed by atoms with van der Waals surface area (Å²) < 4.78 is 69.1. The van der Waals surface area contributed by atoms with Gasteiger partial charge in [0.1, 0.15) is 8.07 Å². The molecule has 8 nitrogen and oxygen atoms in total. The summed E-state index contributed by atoms with van der Waals surface area (Å²) in [5.74, 6) is 0.505. The van der Waals surface area contributed by atoms with E-state index in [-0.39, 0.29) is 65.9 Å². The van der Waals surface area contributed by atoms with Gasteiger partial charge in [-0.05, 0) is 134 Å². The van der Waals surface area contributed by atoms with Crippen molar-refractivity contribution in [3.8, 4) is 101 Å². The predicted molar refractivity (Wildman–Crippen MR) is 549 cm³/mol. The van der Waals surface area contributed by atoms with Crippen molar-refractivity contribution in [1.29, 1.82) is 0 Å². The fourth-order valence-electron chi connectivity index (χ4n) is 17.2. The molecule has 17 aromatic rings. The van der Waals surface area contributed by atoms with Crippen molar-refractivity contribution in [3.63, 3.8) is 0 Å². The third kappa shape index (κ3) is 21.8. The van der Waals surface area contributed by atoms with Gasteiger partial charge in [0.05, 0.1) is 37.2 Å². The van der Waals surface area contributed by atoms with Gasteiger partial charge in [-0.15, -0.1) is 189 Å². The van der Waals surface area contributed by atoms with Gasteiger partial charge in [0.2, 0.25) is 0 Å². The van der Waals surface area contributed by atoms with E-state index in [0.717, 1.165) is 73.0 Å². The van der Waals surface area contributed by atoms with Gasteiger partial charge in [0.25, 0.3) is 0 Å². The Bertz CT molecular complexity index is 7160. The Kier molecular flexibility index (Phi) is 29.4. The molecule has 0 fully saturated rings. The van der Waals surface area contributed by atoms with Crippen molar-refractivity contribution < 1.29 is 77.0 Å². The van der Waals surface area contributed by atoms with Crippen LogP contribution in [0.1, 0.15) is 55.8 Å². The zero-order chi connectivity index (χ0) is 95.3. The minimum absolute atomic E-state index is 0. The summed E-state index contributed by atoms with van der Waals surface area (Å²) in [6.45, 7) is 30.7. The van der Waals surface area contributed by atoms with Gasteiger partial charge >= 0.3 is 0 Å². The number of hydrogen-bond acceptors (Lipinski definition) is 8. The Morgan fingerprint density at radius 3 is 1.37 bits per heavy atom. The van der Waals surface area contributed by atoms with Gasteiger partial charge in [0.15, 0.2) is 9.84 Å². The molecule has 3 aliphatic rings. The molecule has 0 N–H and O–H groups in total. The van der Waals surface area contributed by atoms with Gasteiger partial charge < -0.3 is 29.9 Å². The average molecular weight is 2350 g/mol. The first kappa shape index (κ1) is 90.8. The molecule has 3 radical (unpaired) electrons. The second kappa shape index (κ2) is 42.5.